The van der Waals surface area contributed by atoms with Gasteiger partial charge in [0.05, 0.1) is 0 Å². The summed E-state index contributed by atoms with van der Waals surface area (Å²) >= 11 is 0. The number of carbonyl (C=O) groups is 2. The molecule has 0 aromatic rings. The van der Waals surface area contributed by atoms with Crippen LogP contribution in [0.15, 0.2) is 23.8 Å². The average Bonchev–Trinajstić information content (AvgIpc) is 2.50. The molecule has 0 saturated heterocycles. The third-order valence-corrected chi connectivity index (χ3v) is 6.84. The third kappa shape index (κ3) is 2.85. The van der Waals surface area contributed by atoms with Gasteiger partial charge in [0.2, 0.25) is 0 Å². The van der Waals surface area contributed by atoms with Gasteiger partial charge in [0, 0.05) is 6.42 Å². The topological polar surface area (TPSA) is 34.1 Å². The zero-order chi connectivity index (χ0) is 16.4. The first kappa shape index (κ1) is 17.2. The van der Waals surface area contributed by atoms with Crippen LogP contribution in [0, 0.1) is 22.7 Å². The molecule has 22 heavy (non-hydrogen) atoms. The van der Waals surface area contributed by atoms with Crippen molar-refractivity contribution < 1.29 is 9.59 Å². The van der Waals surface area contributed by atoms with Gasteiger partial charge in [0.25, 0.3) is 0 Å². The van der Waals surface area contributed by atoms with E-state index in [1.807, 2.05) is 6.08 Å². The fourth-order valence-corrected chi connectivity index (χ4v) is 4.94. The van der Waals surface area contributed by atoms with E-state index in [2.05, 4.69) is 27.4 Å². The summed E-state index contributed by atoms with van der Waals surface area (Å²) in [6.45, 7) is 11.5. The van der Waals surface area contributed by atoms with Crippen LogP contribution in [0.4, 0.5) is 0 Å². The van der Waals surface area contributed by atoms with Crippen LogP contribution < -0.4 is 0 Å². The molecular formula is C20H30O2. The minimum atomic E-state index is 0.188. The minimum Gasteiger partial charge on any atom is -0.303 e. The lowest BCUT2D eigenvalue weighted by Crippen LogP contribution is -2.50. The van der Waals surface area contributed by atoms with E-state index < -0.39 is 0 Å². The average molecular weight is 302 g/mol. The van der Waals surface area contributed by atoms with Gasteiger partial charge in [-0.25, -0.2) is 0 Å². The first-order valence-electron chi connectivity index (χ1n) is 8.64. The van der Waals surface area contributed by atoms with E-state index in [4.69, 9.17) is 0 Å². The molecule has 0 aliphatic heterocycles. The van der Waals surface area contributed by atoms with Crippen LogP contribution >= 0.6 is 0 Å². The Morgan fingerprint density at radius 2 is 2.05 bits per heavy atom. The van der Waals surface area contributed by atoms with Crippen molar-refractivity contribution in [2.24, 2.45) is 22.7 Å². The lowest BCUT2D eigenvalue weighted by Gasteiger charge is -2.58. The van der Waals surface area contributed by atoms with Crippen LogP contribution in [0.3, 0.4) is 0 Å². The number of fused-ring (bicyclic) bond motifs is 1. The molecule has 2 aliphatic carbocycles. The number of allylic oxidation sites excluding steroid dienone is 3. The fourth-order valence-electron chi connectivity index (χ4n) is 4.94. The van der Waals surface area contributed by atoms with Crippen LogP contribution in [-0.2, 0) is 9.59 Å². The Balaban J connectivity index is 2.30. The Kier molecular flexibility index (Phi) is 5.09. The van der Waals surface area contributed by atoms with Crippen LogP contribution in [0.1, 0.15) is 65.7 Å². The number of hydrogen-bond acceptors (Lipinski definition) is 2. The first-order chi connectivity index (χ1) is 10.4. The maximum atomic E-state index is 11.1. The van der Waals surface area contributed by atoms with E-state index in [1.165, 1.54) is 31.3 Å². The Labute approximate surface area is 135 Å². The number of rotatable bonds is 5. The second-order valence-electron chi connectivity index (χ2n) is 7.88. The van der Waals surface area contributed by atoms with Gasteiger partial charge in [-0.3, -0.25) is 4.79 Å². The molecular weight excluding hydrogens is 272 g/mol. The molecule has 2 fully saturated rings. The predicted molar refractivity (Wildman–Crippen MR) is 90.5 cm³/mol. The van der Waals surface area contributed by atoms with E-state index in [1.54, 1.807) is 0 Å². The SMILES string of the molecule is C=C1CCC[C@@H]2[C@@](C)(C/C=C(\C=O)CC=O)[C@H](C)CC[C@@]12C. The van der Waals surface area contributed by atoms with Gasteiger partial charge in [-0.05, 0) is 66.8 Å². The van der Waals surface area contributed by atoms with Crippen molar-refractivity contribution in [3.8, 4) is 0 Å². The van der Waals surface area contributed by atoms with Crippen molar-refractivity contribution in [3.63, 3.8) is 0 Å². The lowest BCUT2D eigenvalue weighted by atomic mass is 9.46. The van der Waals surface area contributed by atoms with Crippen molar-refractivity contribution in [2.75, 3.05) is 0 Å². The molecule has 0 heterocycles. The smallest absolute Gasteiger partial charge is 0.146 e. The normalized spacial score (nSPS) is 39.2. The van der Waals surface area contributed by atoms with Gasteiger partial charge < -0.3 is 4.79 Å². The van der Waals surface area contributed by atoms with Crippen LogP contribution in [0.2, 0.25) is 0 Å². The van der Waals surface area contributed by atoms with Gasteiger partial charge in [0.15, 0.2) is 0 Å². The van der Waals surface area contributed by atoms with Gasteiger partial charge in [0.1, 0.15) is 12.6 Å². The molecule has 2 heteroatoms. The number of aldehydes is 2. The van der Waals surface area contributed by atoms with Gasteiger partial charge in [-0.1, -0.05) is 39.0 Å². The summed E-state index contributed by atoms with van der Waals surface area (Å²) in [5, 5.41) is 0. The maximum absolute atomic E-state index is 11.1. The zero-order valence-electron chi connectivity index (χ0n) is 14.4. The van der Waals surface area contributed by atoms with Crippen molar-refractivity contribution in [3.05, 3.63) is 23.8 Å². The molecule has 0 bridgehead atoms. The summed E-state index contributed by atoms with van der Waals surface area (Å²) in [4.78, 5) is 21.8. The lowest BCUT2D eigenvalue weighted by molar-refractivity contribution is -0.109. The second kappa shape index (κ2) is 6.52. The summed E-state index contributed by atoms with van der Waals surface area (Å²) in [6.07, 6.45) is 10.9. The highest BCUT2D eigenvalue weighted by molar-refractivity contribution is 5.78. The molecule has 0 aromatic carbocycles. The van der Waals surface area contributed by atoms with Gasteiger partial charge in [-0.2, -0.15) is 0 Å². The Morgan fingerprint density at radius 3 is 2.68 bits per heavy atom. The fraction of sp³-hybridized carbons (Fsp3) is 0.700. The summed E-state index contributed by atoms with van der Waals surface area (Å²) in [5.74, 6) is 1.27. The molecule has 0 amide bonds. The van der Waals surface area contributed by atoms with Crippen molar-refractivity contribution >= 4 is 12.6 Å². The maximum Gasteiger partial charge on any atom is 0.146 e. The van der Waals surface area contributed by atoms with E-state index in [9.17, 15) is 9.59 Å². The summed E-state index contributed by atoms with van der Waals surface area (Å²) in [7, 11) is 0. The highest BCUT2D eigenvalue weighted by atomic mass is 16.1. The van der Waals surface area contributed by atoms with Gasteiger partial charge in [-0.15, -0.1) is 0 Å². The quantitative estimate of drug-likeness (QED) is 0.411. The molecule has 0 spiro atoms. The molecule has 4 atom stereocenters. The Bertz CT molecular complexity index is 490. The van der Waals surface area contributed by atoms with Crippen molar-refractivity contribution in [1.82, 2.24) is 0 Å². The molecule has 0 aromatic heterocycles. The summed E-state index contributed by atoms with van der Waals surface area (Å²) in [5.41, 5.74) is 2.49. The summed E-state index contributed by atoms with van der Waals surface area (Å²) < 4.78 is 0. The molecule has 2 rings (SSSR count). The Hall–Kier alpha value is -1.18. The van der Waals surface area contributed by atoms with Crippen LogP contribution in [0.25, 0.3) is 0 Å². The highest BCUT2D eigenvalue weighted by Gasteiger charge is 2.53. The monoisotopic (exact) mass is 302 g/mol. The Morgan fingerprint density at radius 1 is 1.32 bits per heavy atom. The molecule has 2 saturated carbocycles. The molecule has 0 radical (unpaired) electrons. The second-order valence-corrected chi connectivity index (χ2v) is 7.88. The number of carbonyl (C=O) groups excluding carboxylic acids is 2. The molecule has 2 nitrogen and oxygen atoms in total. The molecule has 0 N–H and O–H groups in total. The molecule has 2 aliphatic rings. The standard InChI is InChI=1S/C20H30O2/c1-15-6-5-7-18-19(15,3)11-8-16(2)20(18,4)12-9-17(14-22)10-13-21/h9,13-14,16,18H,1,5-8,10-12H2,2-4H3/b17-9-/t16-,18+,19+,20+/m1/s1. The predicted octanol–water partition coefficient (Wildman–Crippen LogP) is 4.89. The minimum absolute atomic E-state index is 0.188. The van der Waals surface area contributed by atoms with E-state index >= 15 is 0 Å². The van der Waals surface area contributed by atoms with E-state index in [-0.39, 0.29) is 17.3 Å². The van der Waals surface area contributed by atoms with Crippen LogP contribution in [-0.4, -0.2) is 12.6 Å². The van der Waals surface area contributed by atoms with Crippen molar-refractivity contribution in [1.29, 1.82) is 0 Å². The van der Waals surface area contributed by atoms with Gasteiger partial charge >= 0.3 is 0 Å². The molecule has 122 valence electrons. The highest BCUT2D eigenvalue weighted by Crippen LogP contribution is 2.62. The van der Waals surface area contributed by atoms with Crippen molar-refractivity contribution in [2.45, 2.75) is 65.7 Å². The number of hydrogen-bond donors (Lipinski definition) is 0. The summed E-state index contributed by atoms with van der Waals surface area (Å²) in [6, 6.07) is 0. The largest absolute Gasteiger partial charge is 0.303 e. The van der Waals surface area contributed by atoms with E-state index in [0.717, 1.165) is 25.4 Å². The molecule has 0 unspecified atom stereocenters. The first-order valence-corrected chi connectivity index (χ1v) is 8.64. The third-order valence-electron chi connectivity index (χ3n) is 6.84. The van der Waals surface area contributed by atoms with Crippen LogP contribution in [0.5, 0.6) is 0 Å². The van der Waals surface area contributed by atoms with E-state index in [0.29, 0.717) is 17.4 Å². The zero-order valence-corrected chi connectivity index (χ0v) is 14.4.